The van der Waals surface area contributed by atoms with Crippen LogP contribution in [-0.2, 0) is 22.1 Å². The van der Waals surface area contributed by atoms with E-state index in [1.54, 1.807) is 0 Å². The molecule has 1 atom stereocenters. The number of esters is 1. The van der Waals surface area contributed by atoms with Crippen molar-refractivity contribution >= 4 is 5.97 Å². The number of carbonyl (C=O) groups excluding carboxylic acids is 1. The highest BCUT2D eigenvalue weighted by Crippen LogP contribution is 2.33. The average Bonchev–Trinajstić information content (AvgIpc) is 2.58. The Labute approximate surface area is 101 Å². The first-order chi connectivity index (χ1) is 8.28. The van der Waals surface area contributed by atoms with E-state index in [1.807, 2.05) is 0 Å². The van der Waals surface area contributed by atoms with Crippen molar-refractivity contribution in [1.82, 2.24) is 0 Å². The molecule has 2 nitrogen and oxygen atoms in total. The lowest BCUT2D eigenvalue weighted by atomic mass is 10.0. The Hall–Kier alpha value is -1.59. The van der Waals surface area contributed by atoms with Gasteiger partial charge in [0.2, 0.25) is 0 Å². The summed E-state index contributed by atoms with van der Waals surface area (Å²) in [6.45, 7) is 0. The van der Waals surface area contributed by atoms with E-state index in [4.69, 9.17) is 0 Å². The number of rotatable bonds is 2. The van der Waals surface area contributed by atoms with Gasteiger partial charge in [-0.05, 0) is 17.7 Å². The number of halogens is 4. The Kier molecular flexibility index (Phi) is 3.04. The number of alkyl halides is 4. The first-order valence-electron chi connectivity index (χ1n) is 5.35. The van der Waals surface area contributed by atoms with Gasteiger partial charge in [-0.3, -0.25) is 4.79 Å². The van der Waals surface area contributed by atoms with E-state index in [0.717, 1.165) is 12.1 Å². The van der Waals surface area contributed by atoms with Crippen LogP contribution in [0.4, 0.5) is 17.6 Å². The summed E-state index contributed by atoms with van der Waals surface area (Å²) in [6.07, 6.45) is -4.70. The maximum Gasteiger partial charge on any atom is 0.416 e. The molecule has 1 aliphatic rings. The summed E-state index contributed by atoms with van der Waals surface area (Å²) in [4.78, 5) is 10.8. The zero-order valence-electron chi connectivity index (χ0n) is 9.26. The third-order valence-electron chi connectivity index (χ3n) is 2.75. The number of hydrogen-bond donors (Lipinski definition) is 0. The smallest absolute Gasteiger partial charge is 0.416 e. The van der Waals surface area contributed by atoms with Gasteiger partial charge in [-0.15, -0.1) is 0 Å². The summed E-state index contributed by atoms with van der Waals surface area (Å²) in [5.74, 6) is -2.71. The molecule has 1 aromatic rings. The fourth-order valence-electron chi connectivity index (χ4n) is 1.84. The summed E-state index contributed by atoms with van der Waals surface area (Å²) >= 11 is 0. The van der Waals surface area contributed by atoms with Crippen molar-refractivity contribution in [2.75, 3.05) is 0 Å². The Bertz CT molecular complexity index is 452. The molecule has 1 heterocycles. The minimum absolute atomic E-state index is 0.00284. The number of hydrogen-bond acceptors (Lipinski definition) is 2. The van der Waals surface area contributed by atoms with Gasteiger partial charge >= 0.3 is 12.1 Å². The van der Waals surface area contributed by atoms with Crippen molar-refractivity contribution < 1.29 is 27.1 Å². The molecule has 6 heteroatoms. The summed E-state index contributed by atoms with van der Waals surface area (Å²) in [5.41, 5.74) is -0.428. The number of benzene rings is 1. The van der Waals surface area contributed by atoms with Crippen LogP contribution < -0.4 is 0 Å². The fourth-order valence-corrected chi connectivity index (χ4v) is 1.84. The molecule has 0 saturated carbocycles. The van der Waals surface area contributed by atoms with Crippen LogP contribution in [-0.4, -0.2) is 11.8 Å². The Morgan fingerprint density at radius 2 is 1.83 bits per heavy atom. The summed E-state index contributed by atoms with van der Waals surface area (Å²) in [6, 6.07) is 4.15. The number of cyclic esters (lactones) is 1. The highest BCUT2D eigenvalue weighted by molar-refractivity contribution is 5.72. The van der Waals surface area contributed by atoms with E-state index in [9.17, 15) is 22.4 Å². The van der Waals surface area contributed by atoms with E-state index < -0.39 is 23.6 Å². The van der Waals surface area contributed by atoms with E-state index in [-0.39, 0.29) is 19.3 Å². The van der Waals surface area contributed by atoms with E-state index in [1.165, 1.54) is 12.1 Å². The van der Waals surface area contributed by atoms with E-state index >= 15 is 0 Å². The van der Waals surface area contributed by atoms with Gasteiger partial charge in [-0.25, -0.2) is 0 Å². The van der Waals surface area contributed by atoms with Crippen LogP contribution in [0.5, 0.6) is 0 Å². The molecule has 1 unspecified atom stereocenters. The SMILES string of the molecule is O=C1CCC(F)(Cc2ccc(C(F)(F)F)cc2)O1. The van der Waals surface area contributed by atoms with Crippen LogP contribution in [0.2, 0.25) is 0 Å². The molecule has 0 aromatic heterocycles. The van der Waals surface area contributed by atoms with Crippen LogP contribution in [0.25, 0.3) is 0 Å². The lowest BCUT2D eigenvalue weighted by molar-refractivity contribution is -0.164. The fraction of sp³-hybridized carbons (Fsp3) is 0.417. The molecule has 0 aliphatic carbocycles. The lowest BCUT2D eigenvalue weighted by Crippen LogP contribution is -2.25. The van der Waals surface area contributed by atoms with Crippen molar-refractivity contribution in [1.29, 1.82) is 0 Å². The lowest BCUT2D eigenvalue weighted by Gasteiger charge is -2.18. The van der Waals surface area contributed by atoms with Gasteiger partial charge in [0.05, 0.1) is 12.0 Å². The van der Waals surface area contributed by atoms with Gasteiger partial charge < -0.3 is 4.74 Å². The number of ether oxygens (including phenoxy) is 1. The largest absolute Gasteiger partial charge is 0.428 e. The summed E-state index contributed by atoms with van der Waals surface area (Å²) in [7, 11) is 0. The second kappa shape index (κ2) is 4.26. The van der Waals surface area contributed by atoms with Gasteiger partial charge in [0.1, 0.15) is 0 Å². The van der Waals surface area contributed by atoms with Crippen molar-refractivity contribution in [3.05, 3.63) is 35.4 Å². The van der Waals surface area contributed by atoms with E-state index in [2.05, 4.69) is 4.74 Å². The van der Waals surface area contributed by atoms with Crippen LogP contribution in [0.1, 0.15) is 24.0 Å². The highest BCUT2D eigenvalue weighted by Gasteiger charge is 2.40. The van der Waals surface area contributed by atoms with Gasteiger partial charge in [0, 0.05) is 12.8 Å². The minimum Gasteiger partial charge on any atom is -0.428 e. The van der Waals surface area contributed by atoms with Crippen LogP contribution in [0.15, 0.2) is 24.3 Å². The second-order valence-electron chi connectivity index (χ2n) is 4.23. The van der Waals surface area contributed by atoms with Crippen LogP contribution in [0.3, 0.4) is 0 Å². The third kappa shape index (κ3) is 2.80. The Morgan fingerprint density at radius 3 is 2.28 bits per heavy atom. The van der Waals surface area contributed by atoms with Gasteiger partial charge in [0.15, 0.2) is 0 Å². The highest BCUT2D eigenvalue weighted by atomic mass is 19.4. The van der Waals surface area contributed by atoms with Crippen molar-refractivity contribution in [3.63, 3.8) is 0 Å². The first kappa shape index (κ1) is 12.9. The standard InChI is InChI=1S/C12H10F4O2/c13-11(6-5-10(17)18-11)7-8-1-3-9(4-2-8)12(14,15)16/h1-4H,5-7H2. The van der Waals surface area contributed by atoms with Crippen molar-refractivity contribution in [2.24, 2.45) is 0 Å². The monoisotopic (exact) mass is 262 g/mol. The molecule has 0 N–H and O–H groups in total. The van der Waals surface area contributed by atoms with Gasteiger partial charge in [-0.1, -0.05) is 12.1 Å². The maximum absolute atomic E-state index is 13.9. The molecule has 1 aliphatic heterocycles. The van der Waals surface area contributed by atoms with Crippen LogP contribution in [0, 0.1) is 0 Å². The normalized spacial score (nSPS) is 24.1. The van der Waals surface area contributed by atoms with Gasteiger partial charge in [0.25, 0.3) is 5.85 Å². The molecular weight excluding hydrogens is 252 g/mol. The van der Waals surface area contributed by atoms with Gasteiger partial charge in [-0.2, -0.15) is 17.6 Å². The molecule has 1 aromatic carbocycles. The second-order valence-corrected chi connectivity index (χ2v) is 4.23. The maximum atomic E-state index is 13.9. The van der Waals surface area contributed by atoms with Crippen molar-refractivity contribution in [2.45, 2.75) is 31.3 Å². The molecule has 0 radical (unpaired) electrons. The van der Waals surface area contributed by atoms with E-state index in [0.29, 0.717) is 5.56 Å². The molecule has 0 amide bonds. The molecule has 2 rings (SSSR count). The van der Waals surface area contributed by atoms with Crippen LogP contribution >= 0.6 is 0 Å². The Balaban J connectivity index is 2.09. The zero-order chi connectivity index (χ0) is 13.4. The molecule has 1 fully saturated rings. The predicted octanol–water partition coefficient (Wildman–Crippen LogP) is 3.25. The topological polar surface area (TPSA) is 26.3 Å². The van der Waals surface area contributed by atoms with Crippen molar-refractivity contribution in [3.8, 4) is 0 Å². The molecule has 98 valence electrons. The first-order valence-corrected chi connectivity index (χ1v) is 5.35. The predicted molar refractivity (Wildman–Crippen MR) is 54.3 cm³/mol. The number of carbonyl (C=O) groups is 1. The molecule has 1 saturated heterocycles. The molecular formula is C12H10F4O2. The summed E-state index contributed by atoms with van der Waals surface area (Å²) < 4.78 is 55.4. The molecule has 0 spiro atoms. The molecule has 18 heavy (non-hydrogen) atoms. The third-order valence-corrected chi connectivity index (χ3v) is 2.75. The zero-order valence-corrected chi connectivity index (χ0v) is 9.26. The molecule has 0 bridgehead atoms. The minimum atomic E-state index is -4.41. The summed E-state index contributed by atoms with van der Waals surface area (Å²) in [5, 5.41) is 0. The average molecular weight is 262 g/mol. The quantitative estimate of drug-likeness (QED) is 0.604. The Morgan fingerprint density at radius 1 is 1.22 bits per heavy atom.